The van der Waals surface area contributed by atoms with E-state index in [0.717, 1.165) is 4.74 Å². The van der Waals surface area contributed by atoms with Crippen LogP contribution in [0.2, 0.25) is 0 Å². The van der Waals surface area contributed by atoms with Gasteiger partial charge < -0.3 is 10.2 Å². The van der Waals surface area contributed by atoms with Crippen LogP contribution in [0.15, 0.2) is 6.20 Å². The van der Waals surface area contributed by atoms with Crippen molar-refractivity contribution >= 4 is 6.21 Å². The van der Waals surface area contributed by atoms with E-state index in [1.165, 1.54) is 12.4 Å². The average Bonchev–Trinajstić information content (AvgIpc) is 2.36. The van der Waals surface area contributed by atoms with E-state index in [9.17, 15) is 15.4 Å². The molecule has 5 nitrogen and oxygen atoms in total. The molecule has 0 saturated carbocycles. The lowest BCUT2D eigenvalue weighted by Gasteiger charge is -2.11. The van der Waals surface area contributed by atoms with Gasteiger partial charge in [0.25, 0.3) is 0 Å². The van der Waals surface area contributed by atoms with Gasteiger partial charge in [-0.25, -0.2) is 0 Å². The topological polar surface area (TPSA) is 76.6 Å². The number of rotatable bonds is 2. The van der Waals surface area contributed by atoms with Gasteiger partial charge in [0.1, 0.15) is 0 Å². The summed E-state index contributed by atoms with van der Waals surface area (Å²) in [7, 11) is 0. The monoisotopic (exact) mass is 269 g/mol. The Hall–Kier alpha value is -1.62. The summed E-state index contributed by atoms with van der Waals surface area (Å²) in [6.45, 7) is 10.9. The third-order valence-electron chi connectivity index (χ3n) is 2.47. The number of hydroxylamine groups is 1. The van der Waals surface area contributed by atoms with E-state index in [2.05, 4.69) is 4.98 Å². The fourth-order valence-corrected chi connectivity index (χ4v) is 1.24. The molecule has 1 heterocycles. The second-order valence-corrected chi connectivity index (χ2v) is 4.93. The molecule has 0 amide bonds. The van der Waals surface area contributed by atoms with Crippen LogP contribution in [-0.2, 0) is 6.61 Å². The fraction of sp³-hybridized carbons (Fsp3) is 0.571. The number of pyridine rings is 1. The largest absolute Gasteiger partial charge is 0.505 e. The van der Waals surface area contributed by atoms with Crippen LogP contribution in [-0.4, -0.2) is 36.9 Å². The highest BCUT2D eigenvalue weighted by Crippen LogP contribution is 2.22. The highest BCUT2D eigenvalue weighted by atomic mass is 16.5. The van der Waals surface area contributed by atoms with Crippen molar-refractivity contribution in [2.45, 2.75) is 53.7 Å². The molecule has 0 aromatic carbocycles. The van der Waals surface area contributed by atoms with E-state index in [1.54, 1.807) is 6.92 Å². The summed E-state index contributed by atoms with van der Waals surface area (Å²) < 4.78 is 1.00. The van der Waals surface area contributed by atoms with Gasteiger partial charge in [-0.05, 0) is 11.7 Å². The fourth-order valence-electron chi connectivity index (χ4n) is 1.24. The first kappa shape index (κ1) is 17.4. The standard InChI is InChI=1S/C12H18N2O3.C2H6/c1-8-11(16)10(9(7-15)5-13-8)6-14(17)12(2,3)4;1-2/h5-6,15,17H,7H2,1-4H3;1-2H3/p+1. The van der Waals surface area contributed by atoms with E-state index in [4.69, 9.17) is 0 Å². The normalized spacial score (nSPS) is 11.8. The van der Waals surface area contributed by atoms with Crippen molar-refractivity contribution in [2.75, 3.05) is 0 Å². The summed E-state index contributed by atoms with van der Waals surface area (Å²) >= 11 is 0. The summed E-state index contributed by atoms with van der Waals surface area (Å²) in [5.41, 5.74) is 0.820. The highest BCUT2D eigenvalue weighted by Gasteiger charge is 2.25. The van der Waals surface area contributed by atoms with E-state index in [-0.39, 0.29) is 12.4 Å². The van der Waals surface area contributed by atoms with Crippen molar-refractivity contribution in [3.8, 4) is 5.75 Å². The first-order valence-electron chi connectivity index (χ1n) is 6.38. The SMILES string of the molecule is CC.Cc1ncc(CO)c(/C=[N+](\O)C(C)(C)C)c1O. The molecular weight excluding hydrogens is 244 g/mol. The zero-order valence-corrected chi connectivity index (χ0v) is 12.6. The van der Waals surface area contributed by atoms with Gasteiger partial charge in [-0.3, -0.25) is 10.2 Å². The summed E-state index contributed by atoms with van der Waals surface area (Å²) in [6.07, 6.45) is 2.88. The molecule has 0 aliphatic heterocycles. The van der Waals surface area contributed by atoms with Crippen LogP contribution in [0.5, 0.6) is 5.75 Å². The number of hydrogen-bond acceptors (Lipinski definition) is 4. The highest BCUT2D eigenvalue weighted by molar-refractivity contribution is 5.82. The Morgan fingerprint density at radius 1 is 1.32 bits per heavy atom. The molecular formula is C14H25N2O3+. The Balaban J connectivity index is 0.00000154. The lowest BCUT2D eigenvalue weighted by Crippen LogP contribution is -2.31. The Bertz CT molecular complexity index is 449. The summed E-state index contributed by atoms with van der Waals surface area (Å²) in [6, 6.07) is 0. The van der Waals surface area contributed by atoms with Gasteiger partial charge in [0, 0.05) is 32.5 Å². The Morgan fingerprint density at radius 3 is 2.26 bits per heavy atom. The predicted molar refractivity (Wildman–Crippen MR) is 74.9 cm³/mol. The number of hydrogen-bond donors (Lipinski definition) is 3. The molecule has 0 bridgehead atoms. The Labute approximate surface area is 114 Å². The molecule has 0 unspecified atom stereocenters. The molecule has 0 fully saturated rings. The van der Waals surface area contributed by atoms with Crippen LogP contribution in [0.25, 0.3) is 0 Å². The van der Waals surface area contributed by atoms with Crippen LogP contribution in [0, 0.1) is 6.92 Å². The molecule has 1 aromatic heterocycles. The van der Waals surface area contributed by atoms with E-state index < -0.39 is 5.54 Å². The molecule has 108 valence electrons. The number of aromatic hydroxyl groups is 1. The zero-order valence-electron chi connectivity index (χ0n) is 12.6. The van der Waals surface area contributed by atoms with E-state index in [0.29, 0.717) is 16.8 Å². The molecule has 1 aromatic rings. The Morgan fingerprint density at radius 2 is 1.84 bits per heavy atom. The van der Waals surface area contributed by atoms with Crippen LogP contribution in [0.1, 0.15) is 51.4 Å². The van der Waals surface area contributed by atoms with Crippen molar-refractivity contribution < 1.29 is 20.2 Å². The minimum atomic E-state index is -0.490. The molecule has 3 N–H and O–H groups in total. The summed E-state index contributed by atoms with van der Waals surface area (Å²) in [4.78, 5) is 3.95. The lowest BCUT2D eigenvalue weighted by molar-refractivity contribution is -0.816. The van der Waals surface area contributed by atoms with Gasteiger partial charge in [0.2, 0.25) is 11.8 Å². The maximum absolute atomic E-state index is 9.88. The van der Waals surface area contributed by atoms with Crippen LogP contribution in [0.4, 0.5) is 0 Å². The van der Waals surface area contributed by atoms with Gasteiger partial charge in [0.05, 0.1) is 17.9 Å². The maximum atomic E-state index is 9.88. The van der Waals surface area contributed by atoms with Gasteiger partial charge >= 0.3 is 0 Å². The first-order valence-corrected chi connectivity index (χ1v) is 6.38. The molecule has 5 heteroatoms. The van der Waals surface area contributed by atoms with Gasteiger partial charge in [0.15, 0.2) is 5.75 Å². The number of aliphatic hydroxyl groups excluding tert-OH is 1. The summed E-state index contributed by atoms with van der Waals surface area (Å²) in [5.74, 6) is -0.0279. The molecule has 0 aliphatic carbocycles. The molecule has 0 radical (unpaired) electrons. The molecule has 0 spiro atoms. The zero-order chi connectivity index (χ0) is 15.2. The smallest absolute Gasteiger partial charge is 0.227 e. The van der Waals surface area contributed by atoms with E-state index in [1.807, 2.05) is 34.6 Å². The molecule has 0 atom stereocenters. The van der Waals surface area contributed by atoms with Crippen LogP contribution < -0.4 is 0 Å². The molecule has 0 saturated heterocycles. The predicted octanol–water partition coefficient (Wildman–Crippen LogP) is 2.23. The first-order chi connectivity index (χ1) is 8.77. The Kier molecular flexibility index (Phi) is 6.48. The summed E-state index contributed by atoms with van der Waals surface area (Å²) in [5, 5.41) is 28.9. The lowest BCUT2D eigenvalue weighted by atomic mass is 10.1. The second kappa shape index (κ2) is 7.09. The van der Waals surface area contributed by atoms with Crippen molar-refractivity contribution in [3.63, 3.8) is 0 Å². The molecule has 1 rings (SSSR count). The van der Waals surface area contributed by atoms with Crippen molar-refractivity contribution in [3.05, 3.63) is 23.0 Å². The minimum absolute atomic E-state index is 0.0279. The van der Waals surface area contributed by atoms with Gasteiger partial charge in [-0.15, -0.1) is 0 Å². The minimum Gasteiger partial charge on any atom is -0.505 e. The van der Waals surface area contributed by atoms with Crippen molar-refractivity contribution in [2.24, 2.45) is 0 Å². The molecule has 0 aliphatic rings. The van der Waals surface area contributed by atoms with Crippen LogP contribution in [0.3, 0.4) is 0 Å². The van der Waals surface area contributed by atoms with Crippen molar-refractivity contribution in [1.82, 2.24) is 4.98 Å². The number of nitrogens with zero attached hydrogens (tertiary/aromatic N) is 2. The van der Waals surface area contributed by atoms with Crippen LogP contribution >= 0.6 is 0 Å². The van der Waals surface area contributed by atoms with E-state index >= 15 is 0 Å². The third kappa shape index (κ3) is 4.52. The third-order valence-corrected chi connectivity index (χ3v) is 2.47. The quantitative estimate of drug-likeness (QED) is 0.333. The maximum Gasteiger partial charge on any atom is 0.227 e. The molecule has 19 heavy (non-hydrogen) atoms. The number of aromatic nitrogens is 1. The van der Waals surface area contributed by atoms with Gasteiger partial charge in [-0.2, -0.15) is 0 Å². The number of aliphatic hydroxyl groups is 1. The van der Waals surface area contributed by atoms with Crippen molar-refractivity contribution in [1.29, 1.82) is 0 Å². The second-order valence-electron chi connectivity index (χ2n) is 4.93. The van der Waals surface area contributed by atoms with Gasteiger partial charge in [-0.1, -0.05) is 13.8 Å². The number of aryl methyl sites for hydroxylation is 1. The average molecular weight is 269 g/mol.